The molecular formula is C20H27N5O. The third-order valence-electron chi connectivity index (χ3n) is 6.24. The van der Waals surface area contributed by atoms with Gasteiger partial charge < -0.3 is 10.2 Å². The average molecular weight is 353 g/mol. The average Bonchev–Trinajstić information content (AvgIpc) is 3.37. The van der Waals surface area contributed by atoms with Gasteiger partial charge in [0, 0.05) is 43.9 Å². The SMILES string of the molecule is O=C(CC1CCN(c2nccn3nc(C4CC4)cc23)CC1)NC1CCC1. The summed E-state index contributed by atoms with van der Waals surface area (Å²) in [6.07, 6.45) is 12.7. The molecule has 0 bridgehead atoms. The van der Waals surface area contributed by atoms with Crippen molar-refractivity contribution in [2.24, 2.45) is 5.92 Å². The van der Waals surface area contributed by atoms with Crippen LogP contribution < -0.4 is 10.2 Å². The Labute approximate surface area is 154 Å². The largest absolute Gasteiger partial charge is 0.355 e. The summed E-state index contributed by atoms with van der Waals surface area (Å²) in [6.45, 7) is 1.94. The Bertz CT molecular complexity index is 800. The van der Waals surface area contributed by atoms with E-state index in [1.54, 1.807) is 0 Å². The van der Waals surface area contributed by atoms with Gasteiger partial charge in [-0.3, -0.25) is 4.79 Å². The predicted octanol–water partition coefficient (Wildman–Crippen LogP) is 2.88. The summed E-state index contributed by atoms with van der Waals surface area (Å²) in [5.41, 5.74) is 2.33. The molecule has 0 atom stereocenters. The van der Waals surface area contributed by atoms with Crippen molar-refractivity contribution in [3.63, 3.8) is 0 Å². The van der Waals surface area contributed by atoms with Gasteiger partial charge in [-0.05, 0) is 56.9 Å². The zero-order chi connectivity index (χ0) is 17.5. The third kappa shape index (κ3) is 3.17. The maximum Gasteiger partial charge on any atom is 0.220 e. The maximum absolute atomic E-state index is 12.2. The lowest BCUT2D eigenvalue weighted by Crippen LogP contribution is -2.41. The number of hydrogen-bond acceptors (Lipinski definition) is 4. The van der Waals surface area contributed by atoms with Crippen LogP contribution in [0.5, 0.6) is 0 Å². The Kier molecular flexibility index (Phi) is 4.06. The van der Waals surface area contributed by atoms with Gasteiger partial charge in [-0.2, -0.15) is 5.10 Å². The number of aromatic nitrogens is 3. The Morgan fingerprint density at radius 1 is 1.15 bits per heavy atom. The van der Waals surface area contributed by atoms with Gasteiger partial charge in [-0.25, -0.2) is 9.50 Å². The number of amides is 1. The molecule has 6 nitrogen and oxygen atoms in total. The standard InChI is InChI=1S/C20H27N5O/c26-19(22-16-2-1-3-16)12-14-6-9-24(10-7-14)20-18-13-17(15-4-5-15)23-25(18)11-8-21-20/h8,11,13-16H,1-7,9-10,12H2,(H,22,26). The molecular weight excluding hydrogens is 326 g/mol. The molecule has 6 heteroatoms. The lowest BCUT2D eigenvalue weighted by molar-refractivity contribution is -0.123. The summed E-state index contributed by atoms with van der Waals surface area (Å²) in [7, 11) is 0. The van der Waals surface area contributed by atoms with Crippen molar-refractivity contribution < 1.29 is 4.79 Å². The monoisotopic (exact) mass is 353 g/mol. The lowest BCUT2D eigenvalue weighted by Gasteiger charge is -2.33. The summed E-state index contributed by atoms with van der Waals surface area (Å²) in [4.78, 5) is 19.2. The summed E-state index contributed by atoms with van der Waals surface area (Å²) >= 11 is 0. The van der Waals surface area contributed by atoms with E-state index in [9.17, 15) is 4.79 Å². The zero-order valence-corrected chi connectivity index (χ0v) is 15.2. The first kappa shape index (κ1) is 16.1. The molecule has 2 saturated carbocycles. The number of anilines is 1. The van der Waals surface area contributed by atoms with E-state index in [1.807, 2.05) is 16.9 Å². The van der Waals surface area contributed by atoms with Crippen LogP contribution in [0.25, 0.3) is 5.52 Å². The number of carbonyl (C=O) groups excluding carboxylic acids is 1. The molecule has 3 aliphatic rings. The van der Waals surface area contributed by atoms with Gasteiger partial charge in [0.15, 0.2) is 5.82 Å². The summed E-state index contributed by atoms with van der Waals surface area (Å²) in [6, 6.07) is 2.67. The lowest BCUT2D eigenvalue weighted by atomic mass is 9.90. The second-order valence-corrected chi connectivity index (χ2v) is 8.25. The van der Waals surface area contributed by atoms with Crippen LogP contribution in [0.15, 0.2) is 18.5 Å². The first-order chi connectivity index (χ1) is 12.8. The Hall–Kier alpha value is -2.11. The fourth-order valence-electron chi connectivity index (χ4n) is 4.20. The molecule has 1 N–H and O–H groups in total. The van der Waals surface area contributed by atoms with E-state index in [4.69, 9.17) is 5.10 Å². The third-order valence-corrected chi connectivity index (χ3v) is 6.24. The number of nitrogens with one attached hydrogen (secondary N) is 1. The van der Waals surface area contributed by atoms with Crippen molar-refractivity contribution in [2.45, 2.75) is 63.3 Å². The van der Waals surface area contributed by atoms with Crippen LogP contribution in [0, 0.1) is 5.92 Å². The highest BCUT2D eigenvalue weighted by atomic mass is 16.1. The molecule has 0 aromatic carbocycles. The number of fused-ring (bicyclic) bond motifs is 1. The topological polar surface area (TPSA) is 62.5 Å². The Morgan fingerprint density at radius 2 is 1.96 bits per heavy atom. The van der Waals surface area contributed by atoms with E-state index in [2.05, 4.69) is 21.3 Å². The summed E-state index contributed by atoms with van der Waals surface area (Å²) < 4.78 is 1.98. The van der Waals surface area contributed by atoms with Crippen LogP contribution in [0.4, 0.5) is 5.82 Å². The van der Waals surface area contributed by atoms with Crippen LogP contribution >= 0.6 is 0 Å². The number of hydrogen-bond donors (Lipinski definition) is 1. The molecule has 2 aromatic rings. The van der Waals surface area contributed by atoms with Crippen molar-refractivity contribution in [3.05, 3.63) is 24.2 Å². The smallest absolute Gasteiger partial charge is 0.220 e. The normalized spacial score (nSPS) is 21.8. The second-order valence-electron chi connectivity index (χ2n) is 8.25. The molecule has 5 rings (SSSR count). The zero-order valence-electron chi connectivity index (χ0n) is 15.2. The first-order valence-electron chi connectivity index (χ1n) is 10.1. The molecule has 138 valence electrons. The number of piperidine rings is 1. The van der Waals surface area contributed by atoms with Crippen molar-refractivity contribution in [1.82, 2.24) is 19.9 Å². The van der Waals surface area contributed by atoms with Gasteiger partial charge in [0.05, 0.1) is 5.69 Å². The van der Waals surface area contributed by atoms with Gasteiger partial charge in [0.2, 0.25) is 5.91 Å². The van der Waals surface area contributed by atoms with Crippen molar-refractivity contribution in [3.8, 4) is 0 Å². The fourth-order valence-corrected chi connectivity index (χ4v) is 4.20. The molecule has 1 saturated heterocycles. The van der Waals surface area contributed by atoms with E-state index in [0.717, 1.165) is 50.1 Å². The molecule has 2 aromatic heterocycles. The van der Waals surface area contributed by atoms with Crippen LogP contribution in [-0.4, -0.2) is 39.6 Å². The fraction of sp³-hybridized carbons (Fsp3) is 0.650. The number of nitrogens with zero attached hydrogens (tertiary/aromatic N) is 4. The second kappa shape index (κ2) is 6.56. The van der Waals surface area contributed by atoms with Crippen molar-refractivity contribution in [2.75, 3.05) is 18.0 Å². The van der Waals surface area contributed by atoms with E-state index in [1.165, 1.54) is 25.0 Å². The minimum atomic E-state index is 0.248. The van der Waals surface area contributed by atoms with Crippen LogP contribution in [0.3, 0.4) is 0 Å². The van der Waals surface area contributed by atoms with E-state index >= 15 is 0 Å². The molecule has 0 unspecified atom stereocenters. The van der Waals surface area contributed by atoms with Crippen LogP contribution in [0.1, 0.15) is 63.0 Å². The van der Waals surface area contributed by atoms with Crippen LogP contribution in [0.2, 0.25) is 0 Å². The highest BCUT2D eigenvalue weighted by molar-refractivity contribution is 5.76. The van der Waals surface area contributed by atoms with E-state index < -0.39 is 0 Å². The minimum absolute atomic E-state index is 0.248. The highest BCUT2D eigenvalue weighted by Crippen LogP contribution is 2.40. The highest BCUT2D eigenvalue weighted by Gasteiger charge is 2.29. The van der Waals surface area contributed by atoms with E-state index in [-0.39, 0.29) is 5.91 Å². The molecule has 1 amide bonds. The van der Waals surface area contributed by atoms with Crippen molar-refractivity contribution >= 4 is 17.2 Å². The van der Waals surface area contributed by atoms with Crippen LogP contribution in [-0.2, 0) is 4.79 Å². The molecule has 0 radical (unpaired) electrons. The summed E-state index contributed by atoms with van der Waals surface area (Å²) in [5, 5.41) is 7.90. The Morgan fingerprint density at radius 3 is 2.65 bits per heavy atom. The molecule has 1 aliphatic heterocycles. The maximum atomic E-state index is 12.2. The minimum Gasteiger partial charge on any atom is -0.355 e. The molecule has 2 aliphatic carbocycles. The molecule has 0 spiro atoms. The quantitative estimate of drug-likeness (QED) is 0.898. The molecule has 3 fully saturated rings. The molecule has 26 heavy (non-hydrogen) atoms. The van der Waals surface area contributed by atoms with Gasteiger partial charge in [0.25, 0.3) is 0 Å². The first-order valence-corrected chi connectivity index (χ1v) is 10.1. The molecule has 3 heterocycles. The van der Waals surface area contributed by atoms with Gasteiger partial charge in [0.1, 0.15) is 5.52 Å². The van der Waals surface area contributed by atoms with E-state index in [0.29, 0.717) is 24.3 Å². The predicted molar refractivity (Wildman–Crippen MR) is 100 cm³/mol. The number of rotatable bonds is 5. The Balaban J connectivity index is 1.22. The summed E-state index contributed by atoms with van der Waals surface area (Å²) in [5.74, 6) is 2.45. The number of carbonyl (C=O) groups is 1. The van der Waals surface area contributed by atoms with Gasteiger partial charge >= 0.3 is 0 Å². The van der Waals surface area contributed by atoms with Gasteiger partial charge in [-0.15, -0.1) is 0 Å². The van der Waals surface area contributed by atoms with Gasteiger partial charge in [-0.1, -0.05) is 0 Å². The van der Waals surface area contributed by atoms with Crippen molar-refractivity contribution in [1.29, 1.82) is 0 Å².